The van der Waals surface area contributed by atoms with Gasteiger partial charge < -0.3 is 15.1 Å². The van der Waals surface area contributed by atoms with Crippen LogP contribution in [0, 0.1) is 5.92 Å². The molecule has 1 aromatic rings. The normalized spacial score (nSPS) is 16.6. The van der Waals surface area contributed by atoms with Gasteiger partial charge in [0, 0.05) is 30.1 Å². The zero-order valence-electron chi connectivity index (χ0n) is 16.5. The molecular formula is C20H31N3O2S. The predicted octanol–water partition coefficient (Wildman–Crippen LogP) is 3.56. The first kappa shape index (κ1) is 20.8. The van der Waals surface area contributed by atoms with Crippen LogP contribution in [0.4, 0.5) is 5.69 Å². The van der Waals surface area contributed by atoms with Crippen LogP contribution in [-0.2, 0) is 4.79 Å². The van der Waals surface area contributed by atoms with E-state index in [1.165, 1.54) is 11.8 Å². The number of fused-ring (bicyclic) bond motifs is 1. The van der Waals surface area contributed by atoms with Crippen LogP contribution in [0.25, 0.3) is 0 Å². The third kappa shape index (κ3) is 5.24. The van der Waals surface area contributed by atoms with E-state index >= 15 is 0 Å². The van der Waals surface area contributed by atoms with Crippen LogP contribution in [-0.4, -0.2) is 59.6 Å². The highest BCUT2D eigenvalue weighted by Crippen LogP contribution is 2.36. The molecule has 1 aromatic carbocycles. The average molecular weight is 378 g/mol. The standard InChI is InChI=1S/C20H31N3O2S/c1-6-22(7-2)10-11-23(13-14(3)4)20(25)16-8-9-18-17(12-16)21-19(24)15(5)26-18/h8-9,12,14-15H,6-7,10-11,13H2,1-5H3,(H,21,24)/t15-/m1/s1. The average Bonchev–Trinajstić information content (AvgIpc) is 2.61. The van der Waals surface area contributed by atoms with Crippen LogP contribution in [0.2, 0.25) is 0 Å². The Kier molecular flexibility index (Phi) is 7.53. The number of nitrogens with one attached hydrogen (secondary N) is 1. The van der Waals surface area contributed by atoms with Crippen LogP contribution in [0.15, 0.2) is 23.1 Å². The molecule has 0 fully saturated rings. The summed E-state index contributed by atoms with van der Waals surface area (Å²) >= 11 is 1.54. The Hall–Kier alpha value is -1.53. The van der Waals surface area contributed by atoms with Crippen LogP contribution < -0.4 is 5.32 Å². The minimum Gasteiger partial charge on any atom is -0.337 e. The van der Waals surface area contributed by atoms with E-state index in [1.807, 2.05) is 30.0 Å². The molecule has 0 aromatic heterocycles. The molecule has 1 aliphatic heterocycles. The van der Waals surface area contributed by atoms with Gasteiger partial charge in [-0.2, -0.15) is 0 Å². The van der Waals surface area contributed by atoms with Crippen molar-refractivity contribution in [2.75, 3.05) is 38.0 Å². The molecule has 5 nitrogen and oxygen atoms in total. The molecule has 1 N–H and O–H groups in total. The number of carbonyl (C=O) groups is 2. The minimum atomic E-state index is -0.101. The van der Waals surface area contributed by atoms with Gasteiger partial charge in [0.2, 0.25) is 5.91 Å². The third-order valence-corrected chi connectivity index (χ3v) is 5.79. The van der Waals surface area contributed by atoms with Crippen molar-refractivity contribution in [1.82, 2.24) is 9.80 Å². The van der Waals surface area contributed by atoms with E-state index in [2.05, 4.69) is 37.9 Å². The molecule has 6 heteroatoms. The lowest BCUT2D eigenvalue weighted by Crippen LogP contribution is -2.40. The van der Waals surface area contributed by atoms with Gasteiger partial charge in [-0.25, -0.2) is 0 Å². The van der Waals surface area contributed by atoms with E-state index in [-0.39, 0.29) is 17.1 Å². The number of rotatable bonds is 8. The quantitative estimate of drug-likeness (QED) is 0.753. The number of amides is 2. The Balaban J connectivity index is 2.17. The lowest BCUT2D eigenvalue weighted by atomic mass is 10.1. The summed E-state index contributed by atoms with van der Waals surface area (Å²) in [7, 11) is 0. The summed E-state index contributed by atoms with van der Waals surface area (Å²) in [5.74, 6) is 0.434. The van der Waals surface area contributed by atoms with Crippen molar-refractivity contribution in [3.8, 4) is 0 Å². The second-order valence-electron chi connectivity index (χ2n) is 7.13. The highest BCUT2D eigenvalue weighted by atomic mass is 32.2. The molecule has 26 heavy (non-hydrogen) atoms. The van der Waals surface area contributed by atoms with Gasteiger partial charge in [-0.3, -0.25) is 9.59 Å². The maximum absolute atomic E-state index is 13.1. The van der Waals surface area contributed by atoms with Gasteiger partial charge in [-0.15, -0.1) is 11.8 Å². The zero-order valence-corrected chi connectivity index (χ0v) is 17.4. The molecule has 1 heterocycles. The van der Waals surface area contributed by atoms with E-state index < -0.39 is 0 Å². The molecule has 1 atom stereocenters. The summed E-state index contributed by atoms with van der Waals surface area (Å²) in [6.45, 7) is 14.7. The van der Waals surface area contributed by atoms with Crippen molar-refractivity contribution in [2.45, 2.75) is 44.8 Å². The van der Waals surface area contributed by atoms with E-state index in [9.17, 15) is 9.59 Å². The Morgan fingerprint density at radius 1 is 1.23 bits per heavy atom. The molecule has 0 spiro atoms. The number of hydrogen-bond donors (Lipinski definition) is 1. The maximum Gasteiger partial charge on any atom is 0.253 e. The largest absolute Gasteiger partial charge is 0.337 e. The fourth-order valence-electron chi connectivity index (χ4n) is 3.04. The van der Waals surface area contributed by atoms with Crippen LogP contribution in [0.5, 0.6) is 0 Å². The van der Waals surface area contributed by atoms with E-state index in [0.29, 0.717) is 18.0 Å². The Bertz CT molecular complexity index is 644. The van der Waals surface area contributed by atoms with E-state index in [0.717, 1.165) is 36.8 Å². The van der Waals surface area contributed by atoms with Gasteiger partial charge in [0.15, 0.2) is 0 Å². The van der Waals surface area contributed by atoms with Gasteiger partial charge in [0.1, 0.15) is 0 Å². The summed E-state index contributed by atoms with van der Waals surface area (Å²) in [6.07, 6.45) is 0. The third-order valence-electron chi connectivity index (χ3n) is 4.61. The number of likely N-dealkylation sites (N-methyl/N-ethyl adjacent to an activating group) is 1. The van der Waals surface area contributed by atoms with Crippen LogP contribution in [0.3, 0.4) is 0 Å². The molecule has 0 bridgehead atoms. The number of thioether (sulfide) groups is 1. The maximum atomic E-state index is 13.1. The Morgan fingerprint density at radius 2 is 1.92 bits per heavy atom. The lowest BCUT2D eigenvalue weighted by Gasteiger charge is -2.28. The van der Waals surface area contributed by atoms with Crippen LogP contribution >= 0.6 is 11.8 Å². The van der Waals surface area contributed by atoms with Crippen molar-refractivity contribution in [2.24, 2.45) is 5.92 Å². The lowest BCUT2D eigenvalue weighted by molar-refractivity contribution is -0.115. The molecule has 0 saturated carbocycles. The first-order valence-electron chi connectivity index (χ1n) is 9.48. The van der Waals surface area contributed by atoms with Gasteiger partial charge in [-0.1, -0.05) is 27.7 Å². The van der Waals surface area contributed by atoms with Gasteiger partial charge in [-0.05, 0) is 44.1 Å². The van der Waals surface area contributed by atoms with E-state index in [4.69, 9.17) is 0 Å². The number of benzene rings is 1. The second-order valence-corrected chi connectivity index (χ2v) is 8.51. The van der Waals surface area contributed by atoms with E-state index in [1.54, 1.807) is 0 Å². The molecule has 1 aliphatic rings. The molecule has 144 valence electrons. The molecule has 0 aliphatic carbocycles. The molecule has 2 amide bonds. The number of nitrogens with zero attached hydrogens (tertiary/aromatic N) is 2. The molecule has 0 unspecified atom stereocenters. The van der Waals surface area contributed by atoms with Crippen molar-refractivity contribution in [1.29, 1.82) is 0 Å². The highest BCUT2D eigenvalue weighted by molar-refractivity contribution is 8.00. The molecule has 2 rings (SSSR count). The highest BCUT2D eigenvalue weighted by Gasteiger charge is 2.25. The Labute approximate surface area is 161 Å². The second kappa shape index (κ2) is 9.42. The van der Waals surface area contributed by atoms with Crippen LogP contribution in [0.1, 0.15) is 45.0 Å². The fraction of sp³-hybridized carbons (Fsp3) is 0.600. The molecular weight excluding hydrogens is 346 g/mol. The molecule has 0 saturated heterocycles. The summed E-state index contributed by atoms with van der Waals surface area (Å²) < 4.78 is 0. The van der Waals surface area contributed by atoms with Gasteiger partial charge >= 0.3 is 0 Å². The van der Waals surface area contributed by atoms with Crippen molar-refractivity contribution >= 4 is 29.3 Å². The zero-order chi connectivity index (χ0) is 19.3. The monoisotopic (exact) mass is 377 g/mol. The summed E-state index contributed by atoms with van der Waals surface area (Å²) in [5, 5.41) is 2.81. The summed E-state index contributed by atoms with van der Waals surface area (Å²) in [4.78, 5) is 30.3. The molecule has 0 radical (unpaired) electrons. The number of anilines is 1. The van der Waals surface area contributed by atoms with Crippen molar-refractivity contribution < 1.29 is 9.59 Å². The first-order chi connectivity index (χ1) is 12.3. The minimum absolute atomic E-state index is 0.00679. The van der Waals surface area contributed by atoms with Crippen molar-refractivity contribution in [3.63, 3.8) is 0 Å². The number of carbonyl (C=O) groups excluding carboxylic acids is 2. The Morgan fingerprint density at radius 3 is 2.54 bits per heavy atom. The SMILES string of the molecule is CCN(CC)CCN(CC(C)C)C(=O)c1ccc2c(c1)NC(=O)[C@@H](C)S2. The fourth-order valence-corrected chi connectivity index (χ4v) is 3.97. The smallest absolute Gasteiger partial charge is 0.253 e. The summed E-state index contributed by atoms with van der Waals surface area (Å²) in [5.41, 5.74) is 1.39. The van der Waals surface area contributed by atoms with Gasteiger partial charge in [0.05, 0.1) is 10.9 Å². The predicted molar refractivity (Wildman–Crippen MR) is 109 cm³/mol. The van der Waals surface area contributed by atoms with Gasteiger partial charge in [0.25, 0.3) is 5.91 Å². The number of hydrogen-bond acceptors (Lipinski definition) is 4. The van der Waals surface area contributed by atoms with Crippen molar-refractivity contribution in [3.05, 3.63) is 23.8 Å². The first-order valence-corrected chi connectivity index (χ1v) is 10.4. The summed E-state index contributed by atoms with van der Waals surface area (Å²) in [6, 6.07) is 5.64. The topological polar surface area (TPSA) is 52.6 Å².